The highest BCUT2D eigenvalue weighted by Crippen LogP contribution is 2.28. The molecule has 1 heterocycles. The Balaban J connectivity index is 1.71. The number of aliphatic hydroxyl groups is 1. The minimum Gasteiger partial charge on any atom is -0.488 e. The van der Waals surface area contributed by atoms with E-state index in [9.17, 15) is 9.90 Å². The fourth-order valence-electron chi connectivity index (χ4n) is 3.66. The average molecular weight is 368 g/mol. The Morgan fingerprint density at radius 3 is 2.44 bits per heavy atom. The van der Waals surface area contributed by atoms with Crippen molar-refractivity contribution in [3.63, 3.8) is 0 Å². The van der Waals surface area contributed by atoms with Crippen LogP contribution in [-0.4, -0.2) is 61.2 Å². The van der Waals surface area contributed by atoms with Crippen LogP contribution >= 0.6 is 0 Å². The number of benzene rings is 2. The molecule has 1 amide bonds. The number of para-hydroxylation sites is 1. The Morgan fingerprint density at radius 1 is 1.07 bits per heavy atom. The third-order valence-corrected chi connectivity index (χ3v) is 5.05. The third kappa shape index (κ3) is 4.87. The van der Waals surface area contributed by atoms with Gasteiger partial charge in [-0.2, -0.15) is 0 Å². The standard InChI is InChI=1S/C22H28N2O3/c1-23(2)12-18-13-24(14-19(18)15-25)22(26)20-10-6-7-11-21(20)27-16-17-8-4-3-5-9-17/h3-11,18-19,25H,12-16H2,1-2H3. The van der Waals surface area contributed by atoms with Gasteiger partial charge in [0.05, 0.1) is 5.56 Å². The number of rotatable bonds is 7. The molecular formula is C22H28N2O3. The van der Waals surface area contributed by atoms with Crippen LogP contribution in [0.3, 0.4) is 0 Å². The van der Waals surface area contributed by atoms with E-state index >= 15 is 0 Å². The number of carbonyl (C=O) groups excluding carboxylic acids is 1. The van der Waals surface area contributed by atoms with E-state index in [2.05, 4.69) is 4.90 Å². The molecule has 5 heteroatoms. The predicted molar refractivity (Wildman–Crippen MR) is 106 cm³/mol. The number of hydrogen-bond donors (Lipinski definition) is 1. The molecular weight excluding hydrogens is 340 g/mol. The third-order valence-electron chi connectivity index (χ3n) is 5.05. The zero-order chi connectivity index (χ0) is 19.2. The van der Waals surface area contributed by atoms with E-state index in [1.54, 1.807) is 0 Å². The van der Waals surface area contributed by atoms with Gasteiger partial charge >= 0.3 is 0 Å². The largest absolute Gasteiger partial charge is 0.488 e. The molecule has 27 heavy (non-hydrogen) atoms. The Bertz CT molecular complexity index is 748. The average Bonchev–Trinajstić information content (AvgIpc) is 3.09. The minimum absolute atomic E-state index is 0.0293. The molecule has 1 saturated heterocycles. The Hall–Kier alpha value is -2.37. The van der Waals surface area contributed by atoms with Gasteiger partial charge in [0, 0.05) is 32.2 Å². The van der Waals surface area contributed by atoms with Crippen molar-refractivity contribution < 1.29 is 14.6 Å². The summed E-state index contributed by atoms with van der Waals surface area (Å²) in [6.07, 6.45) is 0. The molecule has 0 spiro atoms. The molecule has 1 aliphatic rings. The van der Waals surface area contributed by atoms with Gasteiger partial charge < -0.3 is 19.6 Å². The second-order valence-corrected chi connectivity index (χ2v) is 7.45. The van der Waals surface area contributed by atoms with Gasteiger partial charge in [-0.25, -0.2) is 0 Å². The van der Waals surface area contributed by atoms with Crippen LogP contribution in [0.4, 0.5) is 0 Å². The number of hydrogen-bond acceptors (Lipinski definition) is 4. The SMILES string of the molecule is CN(C)CC1CN(C(=O)c2ccccc2OCc2ccccc2)CC1CO. The molecule has 2 atom stereocenters. The van der Waals surface area contributed by atoms with Crippen molar-refractivity contribution in [2.24, 2.45) is 11.8 Å². The number of ether oxygens (including phenoxy) is 1. The lowest BCUT2D eigenvalue weighted by molar-refractivity contribution is 0.0774. The molecule has 1 fully saturated rings. The second-order valence-electron chi connectivity index (χ2n) is 7.45. The van der Waals surface area contributed by atoms with E-state index in [0.29, 0.717) is 31.0 Å². The maximum absolute atomic E-state index is 13.1. The first kappa shape index (κ1) is 19.4. The van der Waals surface area contributed by atoms with E-state index in [4.69, 9.17) is 4.74 Å². The maximum atomic E-state index is 13.1. The number of aliphatic hydroxyl groups excluding tert-OH is 1. The molecule has 0 bridgehead atoms. The topological polar surface area (TPSA) is 53.0 Å². The lowest BCUT2D eigenvalue weighted by Gasteiger charge is -2.20. The van der Waals surface area contributed by atoms with Crippen LogP contribution in [0.2, 0.25) is 0 Å². The van der Waals surface area contributed by atoms with Crippen molar-refractivity contribution in [1.29, 1.82) is 0 Å². The van der Waals surface area contributed by atoms with E-state index in [-0.39, 0.29) is 24.3 Å². The summed E-state index contributed by atoms with van der Waals surface area (Å²) in [4.78, 5) is 17.1. The van der Waals surface area contributed by atoms with Gasteiger partial charge in [0.25, 0.3) is 5.91 Å². The molecule has 2 unspecified atom stereocenters. The van der Waals surface area contributed by atoms with Crippen LogP contribution in [0.15, 0.2) is 54.6 Å². The fourth-order valence-corrected chi connectivity index (χ4v) is 3.66. The lowest BCUT2D eigenvalue weighted by Crippen LogP contribution is -2.31. The van der Waals surface area contributed by atoms with Crippen molar-refractivity contribution in [2.75, 3.05) is 40.3 Å². The van der Waals surface area contributed by atoms with Crippen LogP contribution in [0.5, 0.6) is 5.75 Å². The number of likely N-dealkylation sites (tertiary alicyclic amines) is 1. The van der Waals surface area contributed by atoms with Crippen LogP contribution in [0.25, 0.3) is 0 Å². The molecule has 3 rings (SSSR count). The molecule has 0 aliphatic carbocycles. The predicted octanol–water partition coefficient (Wildman–Crippen LogP) is 2.51. The molecule has 0 radical (unpaired) electrons. The molecule has 0 saturated carbocycles. The van der Waals surface area contributed by atoms with Gasteiger partial charge in [-0.3, -0.25) is 4.79 Å². The van der Waals surface area contributed by atoms with E-state index in [1.807, 2.05) is 73.6 Å². The quantitative estimate of drug-likeness (QED) is 0.816. The number of carbonyl (C=O) groups is 1. The summed E-state index contributed by atoms with van der Waals surface area (Å²) in [6, 6.07) is 17.3. The van der Waals surface area contributed by atoms with E-state index < -0.39 is 0 Å². The summed E-state index contributed by atoms with van der Waals surface area (Å²) in [5.41, 5.74) is 1.64. The summed E-state index contributed by atoms with van der Waals surface area (Å²) in [5, 5.41) is 9.70. The Kier molecular flexibility index (Phi) is 6.48. The molecule has 144 valence electrons. The Labute approximate surface area is 161 Å². The number of amides is 1. The van der Waals surface area contributed by atoms with Gasteiger partial charge in [0.1, 0.15) is 12.4 Å². The van der Waals surface area contributed by atoms with Crippen LogP contribution in [0, 0.1) is 11.8 Å². The first-order valence-corrected chi connectivity index (χ1v) is 9.39. The molecule has 2 aromatic carbocycles. The normalized spacial score (nSPS) is 19.5. The van der Waals surface area contributed by atoms with Gasteiger partial charge in [0.2, 0.25) is 0 Å². The van der Waals surface area contributed by atoms with Crippen molar-refractivity contribution >= 4 is 5.91 Å². The first-order chi connectivity index (χ1) is 13.1. The summed E-state index contributed by atoms with van der Waals surface area (Å²) in [5.74, 6) is 0.974. The molecule has 0 aromatic heterocycles. The second kappa shape index (κ2) is 9.02. The molecule has 5 nitrogen and oxygen atoms in total. The molecule has 1 N–H and O–H groups in total. The van der Waals surface area contributed by atoms with Crippen molar-refractivity contribution in [3.8, 4) is 5.75 Å². The van der Waals surface area contributed by atoms with Crippen LogP contribution < -0.4 is 4.74 Å². The molecule has 2 aromatic rings. The summed E-state index contributed by atoms with van der Waals surface area (Å²) in [7, 11) is 4.04. The number of nitrogens with zero attached hydrogens (tertiary/aromatic N) is 2. The highest BCUT2D eigenvalue weighted by molar-refractivity contribution is 5.97. The highest BCUT2D eigenvalue weighted by Gasteiger charge is 2.36. The molecule has 1 aliphatic heterocycles. The maximum Gasteiger partial charge on any atom is 0.257 e. The lowest BCUT2D eigenvalue weighted by atomic mass is 9.97. The van der Waals surface area contributed by atoms with Gasteiger partial charge in [-0.1, -0.05) is 42.5 Å². The zero-order valence-corrected chi connectivity index (χ0v) is 16.0. The first-order valence-electron chi connectivity index (χ1n) is 9.39. The fraction of sp³-hybridized carbons (Fsp3) is 0.409. The smallest absolute Gasteiger partial charge is 0.257 e. The van der Waals surface area contributed by atoms with Crippen molar-refractivity contribution in [3.05, 3.63) is 65.7 Å². The van der Waals surface area contributed by atoms with E-state index in [0.717, 1.165) is 12.1 Å². The monoisotopic (exact) mass is 368 g/mol. The van der Waals surface area contributed by atoms with Crippen molar-refractivity contribution in [2.45, 2.75) is 6.61 Å². The Morgan fingerprint density at radius 2 is 1.74 bits per heavy atom. The van der Waals surface area contributed by atoms with Crippen LogP contribution in [-0.2, 0) is 6.61 Å². The highest BCUT2D eigenvalue weighted by atomic mass is 16.5. The van der Waals surface area contributed by atoms with Crippen molar-refractivity contribution in [1.82, 2.24) is 9.80 Å². The van der Waals surface area contributed by atoms with Gasteiger partial charge in [-0.15, -0.1) is 0 Å². The van der Waals surface area contributed by atoms with Gasteiger partial charge in [-0.05, 0) is 37.7 Å². The minimum atomic E-state index is -0.0293. The summed E-state index contributed by atoms with van der Waals surface area (Å²) < 4.78 is 5.94. The summed E-state index contributed by atoms with van der Waals surface area (Å²) >= 11 is 0. The zero-order valence-electron chi connectivity index (χ0n) is 16.0. The van der Waals surface area contributed by atoms with Crippen LogP contribution in [0.1, 0.15) is 15.9 Å². The van der Waals surface area contributed by atoms with Gasteiger partial charge in [0.15, 0.2) is 0 Å². The summed E-state index contributed by atoms with van der Waals surface area (Å²) in [6.45, 7) is 2.64. The van der Waals surface area contributed by atoms with E-state index in [1.165, 1.54) is 0 Å².